The van der Waals surface area contributed by atoms with E-state index in [1.807, 2.05) is 18.2 Å². The van der Waals surface area contributed by atoms with Crippen molar-refractivity contribution in [3.8, 4) is 0 Å². The Morgan fingerprint density at radius 3 is 2.53 bits per heavy atom. The number of anilines is 1. The Hall–Kier alpha value is -1.02. The predicted octanol–water partition coefficient (Wildman–Crippen LogP) is 2.46. The highest BCUT2D eigenvalue weighted by Crippen LogP contribution is 2.39. The lowest BCUT2D eigenvalue weighted by atomic mass is 9.70. The molecule has 0 bridgehead atoms. The van der Waals surface area contributed by atoms with Crippen LogP contribution in [0.1, 0.15) is 37.7 Å². The van der Waals surface area contributed by atoms with Gasteiger partial charge in [0.25, 0.3) is 0 Å². The van der Waals surface area contributed by atoms with Gasteiger partial charge in [-0.2, -0.15) is 0 Å². The minimum atomic E-state index is -0.0202. The molecule has 0 radical (unpaired) electrons. The van der Waals surface area contributed by atoms with Gasteiger partial charge >= 0.3 is 0 Å². The summed E-state index contributed by atoms with van der Waals surface area (Å²) in [6.45, 7) is 0.246. The van der Waals surface area contributed by atoms with Crippen molar-refractivity contribution in [2.45, 2.75) is 37.5 Å². The Morgan fingerprint density at radius 2 is 1.93 bits per heavy atom. The molecule has 0 atom stereocenters. The molecule has 1 saturated carbocycles. The third-order valence-electron chi connectivity index (χ3n) is 3.61. The highest BCUT2D eigenvalue weighted by molar-refractivity contribution is 5.43. The second-order valence-electron chi connectivity index (χ2n) is 4.62. The predicted molar refractivity (Wildman–Crippen MR) is 62.7 cm³/mol. The second kappa shape index (κ2) is 4.23. The van der Waals surface area contributed by atoms with Crippen LogP contribution in [0.5, 0.6) is 0 Å². The van der Waals surface area contributed by atoms with Crippen molar-refractivity contribution in [2.24, 2.45) is 0 Å². The van der Waals surface area contributed by atoms with E-state index in [2.05, 4.69) is 6.07 Å². The topological polar surface area (TPSA) is 46.2 Å². The molecule has 0 amide bonds. The average Bonchev–Trinajstić information content (AvgIpc) is 2.30. The van der Waals surface area contributed by atoms with Crippen LogP contribution in [-0.4, -0.2) is 11.7 Å². The summed E-state index contributed by atoms with van der Waals surface area (Å²) in [4.78, 5) is 0. The van der Waals surface area contributed by atoms with E-state index < -0.39 is 0 Å². The Bertz CT molecular complexity index is 329. The summed E-state index contributed by atoms with van der Waals surface area (Å²) >= 11 is 0. The van der Waals surface area contributed by atoms with Gasteiger partial charge in [-0.05, 0) is 30.5 Å². The van der Waals surface area contributed by atoms with Gasteiger partial charge in [-0.3, -0.25) is 0 Å². The molecular formula is C13H19NO. The van der Waals surface area contributed by atoms with E-state index in [1.54, 1.807) is 0 Å². The van der Waals surface area contributed by atoms with Gasteiger partial charge < -0.3 is 10.8 Å². The summed E-state index contributed by atoms with van der Waals surface area (Å²) in [6, 6.07) is 7.99. The summed E-state index contributed by atoms with van der Waals surface area (Å²) < 4.78 is 0. The van der Waals surface area contributed by atoms with Crippen LogP contribution in [0.4, 0.5) is 5.69 Å². The van der Waals surface area contributed by atoms with Crippen LogP contribution in [0.25, 0.3) is 0 Å². The third kappa shape index (κ3) is 2.00. The van der Waals surface area contributed by atoms with E-state index >= 15 is 0 Å². The fourth-order valence-electron chi connectivity index (χ4n) is 2.64. The van der Waals surface area contributed by atoms with Gasteiger partial charge in [-0.25, -0.2) is 0 Å². The largest absolute Gasteiger partial charge is 0.399 e. The number of benzene rings is 1. The fraction of sp³-hybridized carbons (Fsp3) is 0.538. The molecular weight excluding hydrogens is 186 g/mol. The fourth-order valence-corrected chi connectivity index (χ4v) is 2.64. The Labute approximate surface area is 91.1 Å². The van der Waals surface area contributed by atoms with Crippen LogP contribution in [0.2, 0.25) is 0 Å². The van der Waals surface area contributed by atoms with Gasteiger partial charge in [0.2, 0.25) is 0 Å². The molecule has 0 unspecified atom stereocenters. The van der Waals surface area contributed by atoms with E-state index in [1.165, 1.54) is 24.8 Å². The smallest absolute Gasteiger partial charge is 0.0527 e. The van der Waals surface area contributed by atoms with E-state index in [4.69, 9.17) is 5.73 Å². The minimum Gasteiger partial charge on any atom is -0.399 e. The van der Waals surface area contributed by atoms with E-state index in [0.717, 1.165) is 18.5 Å². The molecule has 2 rings (SSSR count). The average molecular weight is 205 g/mol. The van der Waals surface area contributed by atoms with Crippen molar-refractivity contribution >= 4 is 5.69 Å². The molecule has 0 aromatic heterocycles. The summed E-state index contributed by atoms with van der Waals surface area (Å²) in [5, 5.41) is 9.65. The molecule has 82 valence electrons. The quantitative estimate of drug-likeness (QED) is 0.728. The molecule has 1 aliphatic rings. The van der Waals surface area contributed by atoms with E-state index in [9.17, 15) is 5.11 Å². The number of hydrogen-bond donors (Lipinski definition) is 2. The van der Waals surface area contributed by atoms with Crippen LogP contribution in [-0.2, 0) is 5.41 Å². The summed E-state index contributed by atoms with van der Waals surface area (Å²) in [5.74, 6) is 0. The van der Waals surface area contributed by atoms with E-state index in [-0.39, 0.29) is 12.0 Å². The number of aliphatic hydroxyl groups excluding tert-OH is 1. The normalized spacial score (nSPS) is 20.1. The Balaban J connectivity index is 2.32. The summed E-state index contributed by atoms with van der Waals surface area (Å²) in [6.07, 6.45) is 5.91. The molecule has 2 nitrogen and oxygen atoms in total. The number of hydrogen-bond acceptors (Lipinski definition) is 2. The van der Waals surface area contributed by atoms with Gasteiger partial charge in [-0.1, -0.05) is 31.4 Å². The lowest BCUT2D eigenvalue weighted by molar-refractivity contribution is 0.152. The van der Waals surface area contributed by atoms with Gasteiger partial charge in [0, 0.05) is 11.1 Å². The van der Waals surface area contributed by atoms with Crippen LogP contribution in [0.3, 0.4) is 0 Å². The molecule has 0 aliphatic heterocycles. The molecule has 15 heavy (non-hydrogen) atoms. The lowest BCUT2D eigenvalue weighted by Gasteiger charge is -2.36. The first-order valence-corrected chi connectivity index (χ1v) is 5.74. The highest BCUT2D eigenvalue weighted by Gasteiger charge is 2.33. The number of rotatable bonds is 2. The van der Waals surface area contributed by atoms with Gasteiger partial charge in [0.15, 0.2) is 0 Å². The second-order valence-corrected chi connectivity index (χ2v) is 4.62. The first-order valence-electron chi connectivity index (χ1n) is 5.74. The van der Waals surface area contributed by atoms with Crippen LogP contribution >= 0.6 is 0 Å². The maximum absolute atomic E-state index is 9.65. The van der Waals surface area contributed by atoms with E-state index in [0.29, 0.717) is 0 Å². The molecule has 0 heterocycles. The third-order valence-corrected chi connectivity index (χ3v) is 3.61. The van der Waals surface area contributed by atoms with Crippen molar-refractivity contribution < 1.29 is 5.11 Å². The lowest BCUT2D eigenvalue weighted by Crippen LogP contribution is -2.33. The molecule has 1 aliphatic carbocycles. The highest BCUT2D eigenvalue weighted by atomic mass is 16.3. The molecule has 3 N–H and O–H groups in total. The first kappa shape index (κ1) is 10.5. The number of nitrogens with two attached hydrogens (primary N) is 1. The number of nitrogen functional groups attached to an aromatic ring is 1. The van der Waals surface area contributed by atoms with Crippen LogP contribution in [0, 0.1) is 0 Å². The summed E-state index contributed by atoms with van der Waals surface area (Å²) in [7, 11) is 0. The van der Waals surface area contributed by atoms with Crippen LogP contribution in [0.15, 0.2) is 24.3 Å². The Morgan fingerprint density at radius 1 is 1.20 bits per heavy atom. The SMILES string of the molecule is Nc1cccc(C2(CO)CCCCC2)c1. The Kier molecular flexibility index (Phi) is 2.96. The molecule has 1 fully saturated rings. The number of aliphatic hydroxyl groups is 1. The monoisotopic (exact) mass is 205 g/mol. The van der Waals surface area contributed by atoms with Gasteiger partial charge in [-0.15, -0.1) is 0 Å². The van der Waals surface area contributed by atoms with Gasteiger partial charge in [0.05, 0.1) is 6.61 Å². The maximum Gasteiger partial charge on any atom is 0.0527 e. The van der Waals surface area contributed by atoms with Crippen molar-refractivity contribution in [2.75, 3.05) is 12.3 Å². The zero-order valence-electron chi connectivity index (χ0n) is 9.08. The van der Waals surface area contributed by atoms with Crippen molar-refractivity contribution in [1.29, 1.82) is 0 Å². The zero-order chi connectivity index (χ0) is 10.7. The van der Waals surface area contributed by atoms with Crippen molar-refractivity contribution in [1.82, 2.24) is 0 Å². The van der Waals surface area contributed by atoms with Crippen LogP contribution < -0.4 is 5.73 Å². The molecule has 1 aromatic carbocycles. The van der Waals surface area contributed by atoms with Crippen molar-refractivity contribution in [3.63, 3.8) is 0 Å². The molecule has 2 heteroatoms. The molecule has 0 saturated heterocycles. The molecule has 0 spiro atoms. The maximum atomic E-state index is 9.65. The standard InChI is InChI=1S/C13H19NO/c14-12-6-4-5-11(9-12)13(10-15)7-2-1-3-8-13/h4-6,9,15H,1-3,7-8,10,14H2. The minimum absolute atomic E-state index is 0.0202. The summed E-state index contributed by atoms with van der Waals surface area (Å²) in [5.41, 5.74) is 7.79. The van der Waals surface area contributed by atoms with Crippen molar-refractivity contribution in [3.05, 3.63) is 29.8 Å². The first-order chi connectivity index (χ1) is 7.27. The zero-order valence-corrected chi connectivity index (χ0v) is 9.08. The van der Waals surface area contributed by atoms with Gasteiger partial charge in [0.1, 0.15) is 0 Å². The molecule has 1 aromatic rings.